The Balaban J connectivity index is 1.66. The molecule has 2 fully saturated rings. The van der Waals surface area contributed by atoms with E-state index in [1.54, 1.807) is 0 Å². The lowest BCUT2D eigenvalue weighted by atomic mass is 9.79. The van der Waals surface area contributed by atoms with E-state index in [1.807, 2.05) is 0 Å². The van der Waals surface area contributed by atoms with Gasteiger partial charge in [0.25, 0.3) is 0 Å². The molecule has 1 N–H and O–H groups in total. The summed E-state index contributed by atoms with van der Waals surface area (Å²) in [5, 5.41) is 4.71. The molecule has 0 amide bonds. The van der Waals surface area contributed by atoms with Crippen LogP contribution in [0.15, 0.2) is 0 Å². The Morgan fingerprint density at radius 3 is 2.67 bits per heavy atom. The third-order valence-electron chi connectivity index (χ3n) is 4.26. The molecule has 1 aliphatic carbocycles. The van der Waals surface area contributed by atoms with Gasteiger partial charge in [0.05, 0.1) is 0 Å². The molecule has 2 heteroatoms. The Morgan fingerprint density at radius 2 is 2.00 bits per heavy atom. The van der Waals surface area contributed by atoms with Crippen molar-refractivity contribution < 1.29 is 0 Å². The molecule has 0 aromatic rings. The van der Waals surface area contributed by atoms with E-state index in [9.17, 15) is 0 Å². The van der Waals surface area contributed by atoms with Gasteiger partial charge >= 0.3 is 0 Å². The predicted molar refractivity (Wildman–Crippen MR) is 69.4 cm³/mol. The smallest absolute Gasteiger partial charge is 0.0172 e. The summed E-state index contributed by atoms with van der Waals surface area (Å²) in [6.07, 6.45) is 7.11. The van der Waals surface area contributed by atoms with Crippen molar-refractivity contribution in [3.8, 4) is 0 Å². The fraction of sp³-hybridized carbons (Fsp3) is 1.00. The Bertz CT molecular complexity index is 189. The maximum Gasteiger partial charge on any atom is 0.0172 e. The van der Waals surface area contributed by atoms with Crippen molar-refractivity contribution in [3.05, 3.63) is 0 Å². The standard InChI is InChI=1S/C13H25NS/c1-10-5-6-12(8-11(10)2)14-9-13-4-3-7-15-13/h10-14H,3-9H2,1-2H3. The quantitative estimate of drug-likeness (QED) is 0.794. The molecular formula is C13H25NS. The van der Waals surface area contributed by atoms with E-state index < -0.39 is 0 Å². The molecule has 4 atom stereocenters. The molecule has 1 aliphatic heterocycles. The van der Waals surface area contributed by atoms with Crippen molar-refractivity contribution in [1.82, 2.24) is 5.32 Å². The van der Waals surface area contributed by atoms with Crippen LogP contribution in [0.5, 0.6) is 0 Å². The summed E-state index contributed by atoms with van der Waals surface area (Å²) in [6.45, 7) is 6.09. The maximum atomic E-state index is 3.79. The third kappa shape index (κ3) is 3.39. The van der Waals surface area contributed by atoms with E-state index in [1.165, 1.54) is 44.4 Å². The van der Waals surface area contributed by atoms with Crippen LogP contribution in [0.25, 0.3) is 0 Å². The number of rotatable bonds is 3. The van der Waals surface area contributed by atoms with Crippen LogP contribution in [-0.4, -0.2) is 23.6 Å². The highest BCUT2D eigenvalue weighted by molar-refractivity contribution is 8.00. The number of thioether (sulfide) groups is 1. The Hall–Kier alpha value is 0.310. The van der Waals surface area contributed by atoms with E-state index >= 15 is 0 Å². The van der Waals surface area contributed by atoms with Crippen molar-refractivity contribution in [2.24, 2.45) is 11.8 Å². The minimum atomic E-state index is 0.817. The third-order valence-corrected chi connectivity index (χ3v) is 5.65. The zero-order chi connectivity index (χ0) is 10.7. The molecule has 88 valence electrons. The first-order valence-electron chi connectivity index (χ1n) is 6.60. The van der Waals surface area contributed by atoms with Gasteiger partial charge in [0.1, 0.15) is 0 Å². The summed E-state index contributed by atoms with van der Waals surface area (Å²) < 4.78 is 0. The van der Waals surface area contributed by atoms with Crippen molar-refractivity contribution >= 4 is 11.8 Å². The van der Waals surface area contributed by atoms with E-state index in [0.29, 0.717) is 0 Å². The van der Waals surface area contributed by atoms with E-state index in [-0.39, 0.29) is 0 Å². The second kappa shape index (κ2) is 5.58. The van der Waals surface area contributed by atoms with Crippen molar-refractivity contribution in [3.63, 3.8) is 0 Å². The lowest BCUT2D eigenvalue weighted by Crippen LogP contribution is -2.39. The number of hydrogen-bond donors (Lipinski definition) is 1. The second-order valence-corrected chi connectivity index (χ2v) is 6.92. The highest BCUT2D eigenvalue weighted by atomic mass is 32.2. The van der Waals surface area contributed by atoms with Crippen LogP contribution in [0.1, 0.15) is 46.0 Å². The Labute approximate surface area is 98.8 Å². The van der Waals surface area contributed by atoms with Crippen molar-refractivity contribution in [1.29, 1.82) is 0 Å². The summed E-state index contributed by atoms with van der Waals surface area (Å²) >= 11 is 2.17. The highest BCUT2D eigenvalue weighted by Crippen LogP contribution is 2.30. The first-order valence-corrected chi connectivity index (χ1v) is 7.65. The van der Waals surface area contributed by atoms with E-state index in [4.69, 9.17) is 0 Å². The molecule has 1 heterocycles. The summed E-state index contributed by atoms with van der Waals surface area (Å²) in [4.78, 5) is 0. The van der Waals surface area contributed by atoms with Gasteiger partial charge in [-0.1, -0.05) is 13.8 Å². The van der Waals surface area contributed by atoms with Gasteiger partial charge in [0, 0.05) is 17.8 Å². The van der Waals surface area contributed by atoms with Crippen molar-refractivity contribution in [2.75, 3.05) is 12.3 Å². The first-order chi connectivity index (χ1) is 7.25. The van der Waals surface area contributed by atoms with Gasteiger partial charge in [-0.3, -0.25) is 0 Å². The second-order valence-electron chi connectivity index (χ2n) is 5.51. The highest BCUT2D eigenvalue weighted by Gasteiger charge is 2.25. The average molecular weight is 227 g/mol. The molecule has 4 unspecified atom stereocenters. The summed E-state index contributed by atoms with van der Waals surface area (Å²) in [6, 6.07) is 0.817. The molecule has 2 rings (SSSR count). The predicted octanol–water partition coefficient (Wildman–Crippen LogP) is 3.30. The van der Waals surface area contributed by atoms with Gasteiger partial charge in [0.2, 0.25) is 0 Å². The molecule has 0 spiro atoms. The fourth-order valence-electron chi connectivity index (χ4n) is 2.84. The van der Waals surface area contributed by atoms with Crippen LogP contribution in [-0.2, 0) is 0 Å². The van der Waals surface area contributed by atoms with Crippen molar-refractivity contribution in [2.45, 2.75) is 57.2 Å². The normalized spacial score (nSPS) is 42.0. The molecule has 0 aromatic heterocycles. The van der Waals surface area contributed by atoms with Gasteiger partial charge in [-0.2, -0.15) is 11.8 Å². The topological polar surface area (TPSA) is 12.0 Å². The van der Waals surface area contributed by atoms with Gasteiger partial charge in [-0.25, -0.2) is 0 Å². The van der Waals surface area contributed by atoms with Crippen LogP contribution >= 0.6 is 11.8 Å². The minimum Gasteiger partial charge on any atom is -0.313 e. The maximum absolute atomic E-state index is 3.79. The lowest BCUT2D eigenvalue weighted by molar-refractivity contribution is 0.227. The molecule has 0 aromatic carbocycles. The average Bonchev–Trinajstić information content (AvgIpc) is 2.73. The first kappa shape index (κ1) is 11.8. The molecule has 0 bridgehead atoms. The Morgan fingerprint density at radius 1 is 1.13 bits per heavy atom. The van der Waals surface area contributed by atoms with E-state index in [2.05, 4.69) is 30.9 Å². The largest absolute Gasteiger partial charge is 0.313 e. The van der Waals surface area contributed by atoms with Gasteiger partial charge < -0.3 is 5.32 Å². The van der Waals surface area contributed by atoms with Crippen LogP contribution in [0.4, 0.5) is 0 Å². The van der Waals surface area contributed by atoms with Gasteiger partial charge in [0.15, 0.2) is 0 Å². The van der Waals surface area contributed by atoms with Crippen LogP contribution in [0.2, 0.25) is 0 Å². The van der Waals surface area contributed by atoms with Gasteiger partial charge in [-0.05, 0) is 49.7 Å². The zero-order valence-electron chi connectivity index (χ0n) is 10.2. The number of hydrogen-bond acceptors (Lipinski definition) is 2. The van der Waals surface area contributed by atoms with Crippen LogP contribution in [0.3, 0.4) is 0 Å². The SMILES string of the molecule is CC1CCC(NCC2CCCS2)CC1C. The summed E-state index contributed by atoms with van der Waals surface area (Å²) in [5.41, 5.74) is 0. The molecule has 1 saturated heterocycles. The molecule has 15 heavy (non-hydrogen) atoms. The van der Waals surface area contributed by atoms with Gasteiger partial charge in [-0.15, -0.1) is 0 Å². The van der Waals surface area contributed by atoms with Crippen LogP contribution < -0.4 is 5.32 Å². The molecular weight excluding hydrogens is 202 g/mol. The monoisotopic (exact) mass is 227 g/mol. The summed E-state index contributed by atoms with van der Waals surface area (Å²) in [7, 11) is 0. The molecule has 1 saturated carbocycles. The lowest BCUT2D eigenvalue weighted by Gasteiger charge is -2.33. The molecule has 2 aliphatic rings. The zero-order valence-corrected chi connectivity index (χ0v) is 11.0. The van der Waals surface area contributed by atoms with Crippen LogP contribution in [0, 0.1) is 11.8 Å². The molecule has 0 radical (unpaired) electrons. The number of nitrogens with one attached hydrogen (secondary N) is 1. The fourth-order valence-corrected chi connectivity index (χ4v) is 4.05. The van der Waals surface area contributed by atoms with E-state index in [0.717, 1.165) is 23.1 Å². The summed E-state index contributed by atoms with van der Waals surface area (Å²) in [5.74, 6) is 3.26. The minimum absolute atomic E-state index is 0.817. The molecule has 1 nitrogen and oxygen atoms in total. The Kier molecular flexibility index (Phi) is 4.39.